The molecule has 4 atom stereocenters. The first-order valence-electron chi connectivity index (χ1n) is 11.4. The summed E-state index contributed by atoms with van der Waals surface area (Å²) >= 11 is 1.12. The Kier molecular flexibility index (Phi) is 8.96. The van der Waals surface area contributed by atoms with E-state index in [0.717, 1.165) is 31.8 Å². The van der Waals surface area contributed by atoms with Gasteiger partial charge in [-0.1, -0.05) is 11.8 Å². The van der Waals surface area contributed by atoms with Crippen LogP contribution >= 0.6 is 11.8 Å². The van der Waals surface area contributed by atoms with Crippen LogP contribution in [0.2, 0.25) is 0 Å². The number of carbonyl (C=O) groups is 4. The molecule has 1 fully saturated rings. The molecule has 16 nitrogen and oxygen atoms in total. The van der Waals surface area contributed by atoms with Crippen LogP contribution in [0.15, 0.2) is 11.4 Å². The molecule has 1 aliphatic rings. The molecule has 0 aliphatic carbocycles. The normalized spacial score (nSPS) is 22.3. The molecule has 1 N–H and O–H groups in total. The second-order valence-electron chi connectivity index (χ2n) is 8.50. The van der Waals surface area contributed by atoms with Gasteiger partial charge in [-0.05, 0) is 13.2 Å². The second-order valence-corrected chi connectivity index (χ2v) is 9.28. The van der Waals surface area contributed by atoms with Crippen LogP contribution in [-0.4, -0.2) is 87.7 Å². The average molecular weight is 570 g/mol. The highest BCUT2D eigenvalue weighted by Crippen LogP contribution is 2.46. The molecule has 212 valence electrons. The molecule has 17 heteroatoms. The third-order valence-corrected chi connectivity index (χ3v) is 6.24. The van der Waals surface area contributed by atoms with Crippen LogP contribution in [0.3, 0.4) is 0 Å². The van der Waals surface area contributed by atoms with Gasteiger partial charge in [0.15, 0.2) is 28.7 Å². The number of nitrogens with zero attached hydrogens (tertiary/aromatic N) is 4. The molecule has 1 saturated heterocycles. The lowest BCUT2D eigenvalue weighted by Gasteiger charge is -2.34. The summed E-state index contributed by atoms with van der Waals surface area (Å²) in [5.41, 5.74) is -2.22. The van der Waals surface area contributed by atoms with Crippen molar-refractivity contribution in [2.75, 3.05) is 31.8 Å². The Morgan fingerprint density at radius 1 is 1.21 bits per heavy atom. The number of ether oxygens (including phenoxy) is 5. The van der Waals surface area contributed by atoms with Crippen LogP contribution in [0.25, 0.3) is 11.0 Å². The van der Waals surface area contributed by atoms with Crippen molar-refractivity contribution < 1.29 is 47.8 Å². The van der Waals surface area contributed by atoms with Crippen molar-refractivity contribution in [3.8, 4) is 0 Å². The number of thioether (sulfide) groups is 1. The van der Waals surface area contributed by atoms with Gasteiger partial charge in [-0.25, -0.2) is 9.97 Å². The Bertz CT molecular complexity index is 1320. The number of nitro groups is 1. The monoisotopic (exact) mass is 569 g/mol. The number of esters is 4. The number of rotatable bonds is 10. The third-order valence-electron chi connectivity index (χ3n) is 5.70. The smallest absolute Gasteiger partial charge is 0.325 e. The maximum Gasteiger partial charge on any atom is 0.325 e. The summed E-state index contributed by atoms with van der Waals surface area (Å²) in [6, 6.07) is 0. The van der Waals surface area contributed by atoms with Gasteiger partial charge in [0.05, 0.1) is 18.2 Å². The van der Waals surface area contributed by atoms with Crippen molar-refractivity contribution in [3.05, 3.63) is 16.3 Å². The number of hydrogen-bond acceptors (Lipinski definition) is 15. The molecule has 3 heterocycles. The van der Waals surface area contributed by atoms with Crippen LogP contribution in [-0.2, 0) is 42.9 Å². The van der Waals surface area contributed by atoms with Crippen molar-refractivity contribution in [1.29, 1.82) is 0 Å². The third kappa shape index (κ3) is 6.19. The Hall–Kier alpha value is -3.99. The molecule has 2 aromatic rings. The van der Waals surface area contributed by atoms with Gasteiger partial charge in [-0.3, -0.25) is 33.9 Å². The molecule has 0 amide bonds. The molecular formula is C22H27N5O11S. The van der Waals surface area contributed by atoms with Crippen LogP contribution < -0.4 is 5.32 Å². The highest BCUT2D eigenvalue weighted by atomic mass is 32.2. The average Bonchev–Trinajstić information content (AvgIpc) is 3.35. The van der Waals surface area contributed by atoms with Gasteiger partial charge in [0, 0.05) is 20.8 Å². The summed E-state index contributed by atoms with van der Waals surface area (Å²) in [4.78, 5) is 67.5. The Morgan fingerprint density at radius 2 is 1.90 bits per heavy atom. The largest absolute Gasteiger partial charge is 0.468 e. The predicted molar refractivity (Wildman–Crippen MR) is 133 cm³/mol. The van der Waals surface area contributed by atoms with E-state index in [4.69, 9.17) is 18.9 Å². The molecule has 1 aliphatic heterocycles. The molecule has 0 bridgehead atoms. The van der Waals surface area contributed by atoms with E-state index >= 15 is 0 Å². The molecule has 0 spiro atoms. The summed E-state index contributed by atoms with van der Waals surface area (Å²) in [6.45, 7) is 4.14. The fraction of sp³-hybridized carbons (Fsp3) is 0.545. The van der Waals surface area contributed by atoms with Crippen molar-refractivity contribution in [3.63, 3.8) is 0 Å². The number of anilines is 1. The maximum absolute atomic E-state index is 12.2. The standard InChI is InChI=1S/C22H27N5O11S/c1-10(28)35-9-14-17(36-11(2)29)22(4,38-12(3)30)20(37-14)26-8-13(27(32)33)16-18(23-7-15(31)34-5)24-21(39-6)25-19(16)26/h8,14,17,20H,7,9H2,1-6H3,(H,23,24,25)/t14-,17-,20?,22-/m1/s1. The SMILES string of the molecule is COC(=O)CNc1nc(SC)nc2c1c([N+](=O)[O-])cn2C1O[C@H](COC(C)=O)[C@@H](OC(C)=O)[C@@]1(C)OC(C)=O. The zero-order chi connectivity index (χ0) is 29.1. The van der Waals surface area contributed by atoms with E-state index in [0.29, 0.717) is 0 Å². The minimum absolute atomic E-state index is 0.00787. The van der Waals surface area contributed by atoms with Crippen LogP contribution in [0.1, 0.15) is 33.9 Å². The summed E-state index contributed by atoms with van der Waals surface area (Å²) in [7, 11) is 1.19. The summed E-state index contributed by atoms with van der Waals surface area (Å²) in [5, 5.41) is 14.9. The number of nitrogens with one attached hydrogen (secondary N) is 1. The molecule has 0 aromatic carbocycles. The molecule has 0 saturated carbocycles. The van der Waals surface area contributed by atoms with Gasteiger partial charge in [0.2, 0.25) is 0 Å². The maximum atomic E-state index is 12.2. The number of carbonyl (C=O) groups excluding carboxylic acids is 4. The fourth-order valence-electron chi connectivity index (χ4n) is 4.21. The number of aromatic nitrogens is 3. The minimum atomic E-state index is -1.76. The van der Waals surface area contributed by atoms with E-state index in [9.17, 15) is 29.3 Å². The number of hydrogen-bond donors (Lipinski definition) is 1. The topological polar surface area (TPSA) is 200 Å². The van der Waals surface area contributed by atoms with Gasteiger partial charge >= 0.3 is 23.9 Å². The van der Waals surface area contributed by atoms with Crippen LogP contribution in [0.5, 0.6) is 0 Å². The van der Waals surface area contributed by atoms with E-state index in [1.165, 1.54) is 25.5 Å². The lowest BCUT2D eigenvalue weighted by Crippen LogP contribution is -2.50. The Labute approximate surface area is 225 Å². The van der Waals surface area contributed by atoms with Crippen molar-refractivity contribution in [2.45, 2.75) is 56.9 Å². The summed E-state index contributed by atoms with van der Waals surface area (Å²) < 4.78 is 28.1. The van der Waals surface area contributed by atoms with Crippen LogP contribution in [0, 0.1) is 10.1 Å². The second kappa shape index (κ2) is 11.8. The first-order chi connectivity index (χ1) is 18.3. The Balaban J connectivity index is 2.27. The summed E-state index contributed by atoms with van der Waals surface area (Å²) in [6.07, 6.45) is -0.965. The highest BCUT2D eigenvalue weighted by Gasteiger charge is 2.60. The van der Waals surface area contributed by atoms with E-state index in [1.807, 2.05) is 0 Å². The zero-order valence-electron chi connectivity index (χ0n) is 21.9. The van der Waals surface area contributed by atoms with Crippen molar-refractivity contribution >= 4 is 58.2 Å². The minimum Gasteiger partial charge on any atom is -0.468 e. The molecule has 0 radical (unpaired) electrons. The zero-order valence-corrected chi connectivity index (χ0v) is 22.7. The lowest BCUT2D eigenvalue weighted by molar-refractivity contribution is -0.383. The summed E-state index contributed by atoms with van der Waals surface area (Å²) in [5.74, 6) is -2.81. The molecule has 2 aromatic heterocycles. The molecule has 3 rings (SSSR count). The first kappa shape index (κ1) is 29.6. The van der Waals surface area contributed by atoms with Gasteiger partial charge in [-0.15, -0.1) is 0 Å². The van der Waals surface area contributed by atoms with Crippen molar-refractivity contribution in [2.24, 2.45) is 0 Å². The number of methoxy groups -OCH3 is 1. The Morgan fingerprint density at radius 3 is 2.44 bits per heavy atom. The fourth-order valence-corrected chi connectivity index (χ4v) is 4.57. The van der Waals surface area contributed by atoms with Crippen LogP contribution in [0.4, 0.5) is 11.5 Å². The van der Waals surface area contributed by atoms with Gasteiger partial charge < -0.3 is 29.0 Å². The molecular weight excluding hydrogens is 542 g/mol. The highest BCUT2D eigenvalue weighted by molar-refractivity contribution is 7.98. The van der Waals surface area contributed by atoms with Gasteiger partial charge in [0.1, 0.15) is 30.5 Å². The van der Waals surface area contributed by atoms with Crippen molar-refractivity contribution in [1.82, 2.24) is 14.5 Å². The van der Waals surface area contributed by atoms with Gasteiger partial charge in [0.25, 0.3) is 5.69 Å². The van der Waals surface area contributed by atoms with E-state index in [-0.39, 0.29) is 35.2 Å². The van der Waals surface area contributed by atoms with Gasteiger partial charge in [-0.2, -0.15) is 0 Å². The van der Waals surface area contributed by atoms with E-state index in [2.05, 4.69) is 20.0 Å². The number of fused-ring (bicyclic) bond motifs is 1. The first-order valence-corrected chi connectivity index (χ1v) is 12.6. The lowest BCUT2D eigenvalue weighted by atomic mass is 9.95. The van der Waals surface area contributed by atoms with E-state index in [1.54, 1.807) is 6.26 Å². The predicted octanol–water partition coefficient (Wildman–Crippen LogP) is 1.36. The molecule has 1 unspecified atom stereocenters. The van der Waals surface area contributed by atoms with E-state index < -0.39 is 58.5 Å². The molecule has 39 heavy (non-hydrogen) atoms. The quantitative estimate of drug-likeness (QED) is 0.107.